The molecule has 0 bridgehead atoms. The molecule has 5 heteroatoms. The first-order valence-corrected chi connectivity index (χ1v) is 4.20. The van der Waals surface area contributed by atoms with Crippen molar-refractivity contribution in [1.82, 2.24) is 5.32 Å². The predicted octanol–water partition coefficient (Wildman–Crippen LogP) is -0.909. The maximum Gasteiger partial charge on any atom is 0.246 e. The molecule has 0 saturated heterocycles. The highest BCUT2D eigenvalue weighted by Crippen LogP contribution is 1.80. The molecule has 0 unspecified atom stereocenters. The lowest BCUT2D eigenvalue weighted by molar-refractivity contribution is -0.125. The quantitative estimate of drug-likeness (QED) is 0.383. The van der Waals surface area contributed by atoms with Gasteiger partial charge in [0, 0.05) is 26.2 Å². The number of rotatable bonds is 8. The van der Waals surface area contributed by atoms with Crippen molar-refractivity contribution in [1.29, 1.82) is 0 Å². The van der Waals surface area contributed by atoms with Gasteiger partial charge >= 0.3 is 0 Å². The Kier molecular flexibility index (Phi) is 8.49. The molecule has 0 aliphatic heterocycles. The van der Waals surface area contributed by atoms with E-state index in [1.54, 1.807) is 0 Å². The van der Waals surface area contributed by atoms with Gasteiger partial charge in [-0.3, -0.25) is 4.79 Å². The summed E-state index contributed by atoms with van der Waals surface area (Å²) < 4.78 is 4.91. The molecular formula is C8H15NO4. The molecule has 13 heavy (non-hydrogen) atoms. The lowest BCUT2D eigenvalue weighted by Gasteiger charge is -2.03. The van der Waals surface area contributed by atoms with Gasteiger partial charge < -0.3 is 20.0 Å². The fraction of sp³-hybridized carbons (Fsp3) is 0.750. The normalized spacial score (nSPS) is 9.62. The monoisotopic (exact) mass is 189 g/mol. The molecule has 1 amide bonds. The summed E-state index contributed by atoms with van der Waals surface area (Å²) in [7, 11) is 0. The molecule has 0 fully saturated rings. The van der Waals surface area contributed by atoms with Gasteiger partial charge in [-0.05, 0) is 6.42 Å². The summed E-state index contributed by atoms with van der Waals surface area (Å²) in [5.74, 6) is -0.236. The first kappa shape index (κ1) is 12.1. The van der Waals surface area contributed by atoms with Gasteiger partial charge in [-0.2, -0.15) is 0 Å². The number of hydrogen-bond donors (Lipinski definition) is 2. The number of aliphatic hydroxyl groups excluding tert-OH is 1. The van der Waals surface area contributed by atoms with E-state index in [1.165, 1.54) is 0 Å². The average molecular weight is 189 g/mol. The molecule has 0 aromatic carbocycles. The molecule has 0 heterocycles. The van der Waals surface area contributed by atoms with Gasteiger partial charge in [0.25, 0.3) is 0 Å². The van der Waals surface area contributed by atoms with Crippen molar-refractivity contribution in [2.75, 3.05) is 26.4 Å². The van der Waals surface area contributed by atoms with E-state index in [0.29, 0.717) is 26.0 Å². The Morgan fingerprint density at radius 1 is 1.54 bits per heavy atom. The van der Waals surface area contributed by atoms with Crippen molar-refractivity contribution in [2.24, 2.45) is 0 Å². The molecule has 0 spiro atoms. The smallest absolute Gasteiger partial charge is 0.246 e. The number of aldehydes is 1. The van der Waals surface area contributed by atoms with Crippen LogP contribution in [0.3, 0.4) is 0 Å². The van der Waals surface area contributed by atoms with Crippen molar-refractivity contribution in [2.45, 2.75) is 12.8 Å². The zero-order valence-electron chi connectivity index (χ0n) is 7.49. The number of hydrogen-bond acceptors (Lipinski definition) is 4. The van der Waals surface area contributed by atoms with Crippen LogP contribution in [0.1, 0.15) is 12.8 Å². The summed E-state index contributed by atoms with van der Waals surface area (Å²) in [5.41, 5.74) is 0. The van der Waals surface area contributed by atoms with Crippen molar-refractivity contribution in [3.05, 3.63) is 0 Å². The molecule has 76 valence electrons. The minimum atomic E-state index is -0.236. The third kappa shape index (κ3) is 8.97. The fourth-order valence-corrected chi connectivity index (χ4v) is 0.653. The van der Waals surface area contributed by atoms with E-state index in [0.717, 1.165) is 6.29 Å². The third-order valence-electron chi connectivity index (χ3n) is 1.26. The van der Waals surface area contributed by atoms with Gasteiger partial charge in [-0.1, -0.05) is 0 Å². The average Bonchev–Trinajstić information content (AvgIpc) is 2.13. The van der Waals surface area contributed by atoms with Gasteiger partial charge in [0.1, 0.15) is 12.9 Å². The maximum absolute atomic E-state index is 10.9. The standard InChI is InChI=1S/C8H15NO4/c10-4-1-3-9-8(12)7-13-6-2-5-11/h4,11H,1-3,5-7H2,(H,9,12). The summed E-state index contributed by atoms with van der Waals surface area (Å²) in [6.07, 6.45) is 1.59. The number of ether oxygens (including phenoxy) is 1. The van der Waals surface area contributed by atoms with E-state index >= 15 is 0 Å². The lowest BCUT2D eigenvalue weighted by Crippen LogP contribution is -2.28. The summed E-state index contributed by atoms with van der Waals surface area (Å²) in [6, 6.07) is 0. The van der Waals surface area contributed by atoms with Gasteiger partial charge in [0.15, 0.2) is 0 Å². The van der Waals surface area contributed by atoms with Crippen LogP contribution in [0.4, 0.5) is 0 Å². The molecule has 0 aliphatic rings. The van der Waals surface area contributed by atoms with Crippen LogP contribution in [0.2, 0.25) is 0 Å². The zero-order valence-corrected chi connectivity index (χ0v) is 7.49. The van der Waals surface area contributed by atoms with Gasteiger partial charge in [0.05, 0.1) is 0 Å². The van der Waals surface area contributed by atoms with Gasteiger partial charge in [0.2, 0.25) is 5.91 Å². The number of aliphatic hydroxyl groups is 1. The molecule has 0 atom stereocenters. The maximum atomic E-state index is 10.9. The Balaban J connectivity index is 3.15. The largest absolute Gasteiger partial charge is 0.396 e. The summed E-state index contributed by atoms with van der Waals surface area (Å²) in [4.78, 5) is 20.7. The predicted molar refractivity (Wildman–Crippen MR) is 46.2 cm³/mol. The Hall–Kier alpha value is -0.940. The molecule has 0 aliphatic carbocycles. The second-order valence-electron chi connectivity index (χ2n) is 2.44. The van der Waals surface area contributed by atoms with Crippen molar-refractivity contribution >= 4 is 12.2 Å². The molecular weight excluding hydrogens is 174 g/mol. The van der Waals surface area contributed by atoms with E-state index in [1.807, 2.05) is 0 Å². The van der Waals surface area contributed by atoms with Crippen LogP contribution in [0.15, 0.2) is 0 Å². The van der Waals surface area contributed by atoms with Gasteiger partial charge in [-0.15, -0.1) is 0 Å². The van der Waals surface area contributed by atoms with Crippen LogP contribution in [0, 0.1) is 0 Å². The topological polar surface area (TPSA) is 75.6 Å². The van der Waals surface area contributed by atoms with Crippen LogP contribution in [-0.2, 0) is 14.3 Å². The van der Waals surface area contributed by atoms with E-state index in [9.17, 15) is 9.59 Å². The lowest BCUT2D eigenvalue weighted by atomic mass is 10.4. The molecule has 5 nitrogen and oxygen atoms in total. The van der Waals surface area contributed by atoms with Crippen LogP contribution in [0.5, 0.6) is 0 Å². The second-order valence-corrected chi connectivity index (χ2v) is 2.44. The Morgan fingerprint density at radius 3 is 2.92 bits per heavy atom. The number of carbonyl (C=O) groups is 2. The SMILES string of the molecule is O=CCCNC(=O)COCCCO. The van der Waals surface area contributed by atoms with E-state index < -0.39 is 0 Å². The summed E-state index contributed by atoms with van der Waals surface area (Å²) in [5, 5.41) is 10.9. The summed E-state index contributed by atoms with van der Waals surface area (Å²) in [6.45, 7) is 0.773. The first-order valence-electron chi connectivity index (χ1n) is 4.20. The zero-order chi connectivity index (χ0) is 9.94. The van der Waals surface area contributed by atoms with Crippen LogP contribution in [-0.4, -0.2) is 43.7 Å². The number of nitrogens with one attached hydrogen (secondary N) is 1. The first-order chi connectivity index (χ1) is 6.31. The van der Waals surface area contributed by atoms with Crippen LogP contribution in [0.25, 0.3) is 0 Å². The van der Waals surface area contributed by atoms with Crippen molar-refractivity contribution in [3.8, 4) is 0 Å². The third-order valence-corrected chi connectivity index (χ3v) is 1.26. The van der Waals surface area contributed by atoms with E-state index in [2.05, 4.69) is 5.32 Å². The second kappa shape index (κ2) is 9.15. The molecule has 0 rings (SSSR count). The highest BCUT2D eigenvalue weighted by atomic mass is 16.5. The van der Waals surface area contributed by atoms with Crippen molar-refractivity contribution in [3.63, 3.8) is 0 Å². The Morgan fingerprint density at radius 2 is 2.31 bits per heavy atom. The van der Waals surface area contributed by atoms with E-state index in [-0.39, 0.29) is 19.1 Å². The molecule has 0 radical (unpaired) electrons. The Labute approximate surface area is 77.1 Å². The highest BCUT2D eigenvalue weighted by Gasteiger charge is 1.98. The minimum absolute atomic E-state index is 0.0150. The molecule has 0 saturated carbocycles. The Bertz CT molecular complexity index is 149. The van der Waals surface area contributed by atoms with Crippen LogP contribution < -0.4 is 5.32 Å². The van der Waals surface area contributed by atoms with Crippen LogP contribution >= 0.6 is 0 Å². The molecule has 0 aromatic rings. The molecule has 2 N–H and O–H groups in total. The van der Waals surface area contributed by atoms with E-state index in [4.69, 9.17) is 9.84 Å². The minimum Gasteiger partial charge on any atom is -0.396 e. The molecule has 0 aromatic heterocycles. The summed E-state index contributed by atoms with van der Waals surface area (Å²) >= 11 is 0. The fourth-order valence-electron chi connectivity index (χ4n) is 0.653. The number of carbonyl (C=O) groups excluding carboxylic acids is 2. The van der Waals surface area contributed by atoms with Crippen molar-refractivity contribution < 1.29 is 19.4 Å². The van der Waals surface area contributed by atoms with Gasteiger partial charge in [-0.25, -0.2) is 0 Å². The highest BCUT2D eigenvalue weighted by molar-refractivity contribution is 5.77. The number of amides is 1.